The lowest BCUT2D eigenvalue weighted by Crippen LogP contribution is -2.31. The van der Waals surface area contributed by atoms with Crippen molar-refractivity contribution in [3.05, 3.63) is 58.9 Å². The van der Waals surface area contributed by atoms with Crippen LogP contribution in [0, 0.1) is 20.8 Å². The molecule has 0 saturated heterocycles. The van der Waals surface area contributed by atoms with E-state index in [9.17, 15) is 4.79 Å². The highest BCUT2D eigenvalue weighted by Gasteiger charge is 2.20. The summed E-state index contributed by atoms with van der Waals surface area (Å²) in [5.41, 5.74) is 6.13. The van der Waals surface area contributed by atoms with Gasteiger partial charge < -0.3 is 10.2 Å². The van der Waals surface area contributed by atoms with E-state index in [-0.39, 0.29) is 5.91 Å². The summed E-state index contributed by atoms with van der Waals surface area (Å²) in [6, 6.07) is 10.2. The van der Waals surface area contributed by atoms with Gasteiger partial charge in [-0.25, -0.2) is 9.97 Å². The van der Waals surface area contributed by atoms with Crippen molar-refractivity contribution in [2.75, 3.05) is 18.4 Å². The number of rotatable bonds is 5. The normalized spacial score (nSPS) is 10.9. The van der Waals surface area contributed by atoms with E-state index in [1.807, 2.05) is 32.9 Å². The first-order valence-electron chi connectivity index (χ1n) is 9.34. The van der Waals surface area contributed by atoms with Crippen molar-refractivity contribution >= 4 is 28.3 Å². The number of anilines is 2. The largest absolute Gasteiger partial charge is 0.354 e. The highest BCUT2D eigenvalue weighted by molar-refractivity contribution is 6.07. The first kappa shape index (κ1) is 18.8. The topological polar surface area (TPSA) is 58.1 Å². The van der Waals surface area contributed by atoms with Crippen LogP contribution in [-0.4, -0.2) is 33.9 Å². The van der Waals surface area contributed by atoms with Crippen LogP contribution >= 0.6 is 0 Å². The number of carbonyl (C=O) groups excluding carboxylic acids is 1. The third-order valence-electron chi connectivity index (χ3n) is 4.80. The Bertz CT molecular complexity index is 993. The molecule has 5 heteroatoms. The van der Waals surface area contributed by atoms with Crippen LogP contribution in [0.2, 0.25) is 0 Å². The van der Waals surface area contributed by atoms with E-state index in [0.29, 0.717) is 24.3 Å². The van der Waals surface area contributed by atoms with E-state index in [0.717, 1.165) is 33.6 Å². The van der Waals surface area contributed by atoms with Crippen molar-refractivity contribution in [1.29, 1.82) is 0 Å². The second-order valence-electron chi connectivity index (χ2n) is 6.79. The number of pyridine rings is 2. The molecule has 2 aromatic heterocycles. The van der Waals surface area contributed by atoms with E-state index >= 15 is 0 Å². The van der Waals surface area contributed by atoms with E-state index in [1.165, 1.54) is 0 Å². The van der Waals surface area contributed by atoms with E-state index in [4.69, 9.17) is 0 Å². The summed E-state index contributed by atoms with van der Waals surface area (Å²) in [5.74, 6) is -0.0252. The zero-order valence-electron chi connectivity index (χ0n) is 16.6. The summed E-state index contributed by atoms with van der Waals surface area (Å²) < 4.78 is 0. The number of aryl methyl sites for hydroxylation is 3. The predicted octanol–water partition coefficient (Wildman–Crippen LogP) is 4.78. The van der Waals surface area contributed by atoms with Gasteiger partial charge in [0.1, 0.15) is 0 Å². The predicted molar refractivity (Wildman–Crippen MR) is 111 cm³/mol. The lowest BCUT2D eigenvalue weighted by atomic mass is 10.1. The van der Waals surface area contributed by atoms with Crippen LogP contribution in [0.1, 0.15) is 41.0 Å². The number of fused-ring (bicyclic) bond motifs is 1. The standard InChI is InChI=1S/C22H26N4O/c1-6-26(7-2)22(27)18-13-23-21-17(11-10-16(5)24-21)20(18)25-19-12-14(3)8-9-15(19)4/h8-13H,6-7H2,1-5H3,(H,23,24,25). The maximum atomic E-state index is 13.1. The van der Waals surface area contributed by atoms with Crippen LogP contribution in [0.4, 0.5) is 11.4 Å². The van der Waals surface area contributed by atoms with Crippen molar-refractivity contribution in [3.63, 3.8) is 0 Å². The molecule has 0 saturated carbocycles. The van der Waals surface area contributed by atoms with Crippen LogP contribution in [0.25, 0.3) is 11.0 Å². The zero-order valence-corrected chi connectivity index (χ0v) is 16.6. The molecule has 1 amide bonds. The summed E-state index contributed by atoms with van der Waals surface area (Å²) in [6.45, 7) is 11.3. The Morgan fingerprint density at radius 2 is 1.81 bits per heavy atom. The van der Waals surface area contributed by atoms with Crippen molar-refractivity contribution in [1.82, 2.24) is 14.9 Å². The molecule has 0 radical (unpaired) electrons. The smallest absolute Gasteiger partial charge is 0.257 e. The minimum absolute atomic E-state index is 0.0252. The Hall–Kier alpha value is -2.95. The fourth-order valence-electron chi connectivity index (χ4n) is 3.16. The molecule has 0 spiro atoms. The third-order valence-corrected chi connectivity index (χ3v) is 4.80. The van der Waals surface area contributed by atoms with E-state index in [2.05, 4.69) is 47.3 Å². The van der Waals surface area contributed by atoms with Crippen molar-refractivity contribution < 1.29 is 4.79 Å². The average Bonchev–Trinajstić information content (AvgIpc) is 2.65. The summed E-state index contributed by atoms with van der Waals surface area (Å²) in [4.78, 5) is 23.9. The monoisotopic (exact) mass is 362 g/mol. The number of aromatic nitrogens is 2. The summed E-state index contributed by atoms with van der Waals surface area (Å²) in [7, 11) is 0. The van der Waals surface area contributed by atoms with E-state index < -0.39 is 0 Å². The molecule has 0 aliphatic rings. The molecule has 27 heavy (non-hydrogen) atoms. The Balaban J connectivity index is 2.21. The quantitative estimate of drug-likeness (QED) is 0.709. The number of hydrogen-bond donors (Lipinski definition) is 1. The van der Waals surface area contributed by atoms with E-state index in [1.54, 1.807) is 11.1 Å². The molecule has 0 atom stereocenters. The number of nitrogens with zero attached hydrogens (tertiary/aromatic N) is 3. The molecule has 0 bridgehead atoms. The van der Waals surface area contributed by atoms with Gasteiger partial charge in [0, 0.05) is 36.1 Å². The first-order chi connectivity index (χ1) is 12.9. The van der Waals surface area contributed by atoms with Gasteiger partial charge in [-0.15, -0.1) is 0 Å². The van der Waals surface area contributed by atoms with Gasteiger partial charge >= 0.3 is 0 Å². The van der Waals surface area contributed by atoms with Crippen LogP contribution in [0.5, 0.6) is 0 Å². The van der Waals surface area contributed by atoms with Gasteiger partial charge in [-0.05, 0) is 63.9 Å². The molecule has 140 valence electrons. The van der Waals surface area contributed by atoms with Gasteiger partial charge in [0.2, 0.25) is 0 Å². The molecule has 0 aliphatic heterocycles. The molecular weight excluding hydrogens is 336 g/mol. The van der Waals surface area contributed by atoms with Gasteiger partial charge in [-0.3, -0.25) is 4.79 Å². The molecule has 0 aliphatic carbocycles. The minimum atomic E-state index is -0.0252. The number of hydrogen-bond acceptors (Lipinski definition) is 4. The molecule has 0 fully saturated rings. The number of amides is 1. The van der Waals surface area contributed by atoms with Gasteiger partial charge in [-0.1, -0.05) is 12.1 Å². The Labute approximate surface area is 160 Å². The SMILES string of the molecule is CCN(CC)C(=O)c1cnc2nc(C)ccc2c1Nc1cc(C)ccc1C. The minimum Gasteiger partial charge on any atom is -0.354 e. The molecular formula is C22H26N4O. The Kier molecular flexibility index (Phi) is 5.40. The summed E-state index contributed by atoms with van der Waals surface area (Å²) in [6.07, 6.45) is 1.64. The highest BCUT2D eigenvalue weighted by Crippen LogP contribution is 2.31. The second kappa shape index (κ2) is 7.74. The lowest BCUT2D eigenvalue weighted by molar-refractivity contribution is 0.0774. The van der Waals surface area contributed by atoms with Crippen LogP contribution < -0.4 is 5.32 Å². The van der Waals surface area contributed by atoms with Crippen molar-refractivity contribution in [2.45, 2.75) is 34.6 Å². The molecule has 2 heterocycles. The highest BCUT2D eigenvalue weighted by atomic mass is 16.2. The van der Waals surface area contributed by atoms with Gasteiger partial charge in [0.25, 0.3) is 5.91 Å². The summed E-state index contributed by atoms with van der Waals surface area (Å²) in [5, 5.41) is 4.35. The maximum Gasteiger partial charge on any atom is 0.257 e. The molecule has 3 aromatic rings. The lowest BCUT2D eigenvalue weighted by Gasteiger charge is -2.22. The zero-order chi connectivity index (χ0) is 19.6. The number of carbonyl (C=O) groups is 1. The maximum absolute atomic E-state index is 13.1. The Morgan fingerprint density at radius 1 is 1.07 bits per heavy atom. The van der Waals surface area contributed by atoms with Gasteiger partial charge in [-0.2, -0.15) is 0 Å². The van der Waals surface area contributed by atoms with Gasteiger partial charge in [0.15, 0.2) is 5.65 Å². The first-order valence-corrected chi connectivity index (χ1v) is 9.34. The molecule has 0 unspecified atom stereocenters. The molecule has 1 aromatic carbocycles. The molecule has 3 rings (SSSR count). The van der Waals surface area contributed by atoms with Crippen LogP contribution in [-0.2, 0) is 0 Å². The third kappa shape index (κ3) is 3.77. The van der Waals surface area contributed by atoms with Crippen LogP contribution in [0.15, 0.2) is 36.5 Å². The Morgan fingerprint density at radius 3 is 2.52 bits per heavy atom. The molecule has 5 nitrogen and oxygen atoms in total. The molecule has 1 N–H and O–H groups in total. The summed E-state index contributed by atoms with van der Waals surface area (Å²) >= 11 is 0. The number of nitrogens with one attached hydrogen (secondary N) is 1. The van der Waals surface area contributed by atoms with Crippen molar-refractivity contribution in [3.8, 4) is 0 Å². The average molecular weight is 362 g/mol. The number of benzene rings is 1. The second-order valence-corrected chi connectivity index (χ2v) is 6.79. The van der Waals surface area contributed by atoms with Gasteiger partial charge in [0.05, 0.1) is 11.3 Å². The fraction of sp³-hybridized carbons (Fsp3) is 0.318. The van der Waals surface area contributed by atoms with Crippen molar-refractivity contribution in [2.24, 2.45) is 0 Å². The van der Waals surface area contributed by atoms with Crippen LogP contribution in [0.3, 0.4) is 0 Å². The fourth-order valence-corrected chi connectivity index (χ4v) is 3.16.